The monoisotopic (exact) mass is 373 g/mol. The molecule has 1 aliphatic rings. The summed E-state index contributed by atoms with van der Waals surface area (Å²) < 4.78 is 11.1. The van der Waals surface area contributed by atoms with Crippen molar-refractivity contribution in [3.63, 3.8) is 0 Å². The van der Waals surface area contributed by atoms with Gasteiger partial charge in [-0.3, -0.25) is 15.1 Å². The number of hydrogen-bond donors (Lipinski definition) is 1. The number of nitrogens with zero attached hydrogens (tertiary/aromatic N) is 2. The number of halogens is 1. The summed E-state index contributed by atoms with van der Waals surface area (Å²) in [6.45, 7) is 1.08. The van der Waals surface area contributed by atoms with Gasteiger partial charge in [-0.05, 0) is 30.3 Å². The first-order valence-electron chi connectivity index (χ1n) is 7.47. The quantitative estimate of drug-likeness (QED) is 0.754. The largest absolute Gasteiger partial charge is 0.486 e. The molecule has 0 unspecified atom stereocenters. The van der Waals surface area contributed by atoms with Crippen molar-refractivity contribution in [1.29, 1.82) is 0 Å². The number of pyridine rings is 1. The third-order valence-corrected chi connectivity index (χ3v) is 4.51. The van der Waals surface area contributed by atoms with Gasteiger partial charge in [0.15, 0.2) is 16.6 Å². The van der Waals surface area contributed by atoms with Gasteiger partial charge in [0.25, 0.3) is 5.91 Å². The Balaban J connectivity index is 1.53. The van der Waals surface area contributed by atoms with Crippen LogP contribution in [0, 0.1) is 0 Å². The number of thiazole rings is 1. The molecule has 0 saturated heterocycles. The van der Waals surface area contributed by atoms with Crippen LogP contribution in [0.2, 0.25) is 5.02 Å². The van der Waals surface area contributed by atoms with Crippen LogP contribution in [0.25, 0.3) is 11.3 Å². The Bertz CT molecular complexity index is 944. The van der Waals surface area contributed by atoms with Gasteiger partial charge in [-0.2, -0.15) is 0 Å². The highest BCUT2D eigenvalue weighted by molar-refractivity contribution is 7.14. The lowest BCUT2D eigenvalue weighted by Crippen LogP contribution is -2.15. The highest BCUT2D eigenvalue weighted by Crippen LogP contribution is 2.35. The number of fused-ring (bicyclic) bond motifs is 1. The van der Waals surface area contributed by atoms with E-state index in [1.54, 1.807) is 6.07 Å². The lowest BCUT2D eigenvalue weighted by molar-refractivity contribution is 0.102. The molecule has 3 heterocycles. The van der Waals surface area contributed by atoms with Crippen molar-refractivity contribution in [2.75, 3.05) is 18.5 Å². The second-order valence-corrected chi connectivity index (χ2v) is 6.50. The summed E-state index contributed by atoms with van der Waals surface area (Å²) in [4.78, 5) is 20.6. The molecule has 126 valence electrons. The first-order valence-corrected chi connectivity index (χ1v) is 8.73. The first kappa shape index (κ1) is 15.9. The van der Waals surface area contributed by atoms with E-state index in [4.69, 9.17) is 21.1 Å². The van der Waals surface area contributed by atoms with Crippen molar-refractivity contribution < 1.29 is 14.3 Å². The molecule has 0 atom stereocenters. The predicted octanol–water partition coefficient (Wildman–Crippen LogP) is 3.88. The zero-order chi connectivity index (χ0) is 17.2. The maximum Gasteiger partial charge on any atom is 0.276 e. The van der Waals surface area contributed by atoms with E-state index in [-0.39, 0.29) is 11.6 Å². The van der Waals surface area contributed by atoms with Gasteiger partial charge in [0.2, 0.25) is 0 Å². The Morgan fingerprint density at radius 3 is 2.84 bits per heavy atom. The topological polar surface area (TPSA) is 73.3 Å². The van der Waals surface area contributed by atoms with E-state index in [9.17, 15) is 4.79 Å². The average molecular weight is 374 g/mol. The fraction of sp³-hybridized carbons (Fsp3) is 0.118. The molecular formula is C17H12ClN3O3S. The minimum Gasteiger partial charge on any atom is -0.486 e. The molecule has 1 aromatic carbocycles. The van der Waals surface area contributed by atoms with Gasteiger partial charge in [-0.15, -0.1) is 11.3 Å². The molecule has 0 radical (unpaired) electrons. The Morgan fingerprint density at radius 1 is 1.16 bits per heavy atom. The molecule has 2 aromatic heterocycles. The molecule has 0 aliphatic carbocycles. The summed E-state index contributed by atoms with van der Waals surface area (Å²) in [6, 6.07) is 8.77. The van der Waals surface area contributed by atoms with Crippen LogP contribution in [0.5, 0.6) is 11.5 Å². The molecule has 6 nitrogen and oxygen atoms in total. The number of rotatable bonds is 3. The van der Waals surface area contributed by atoms with Gasteiger partial charge in [-0.25, -0.2) is 4.98 Å². The lowest BCUT2D eigenvalue weighted by Gasteiger charge is -2.18. The van der Waals surface area contributed by atoms with Crippen LogP contribution in [-0.4, -0.2) is 29.1 Å². The predicted molar refractivity (Wildman–Crippen MR) is 95.7 cm³/mol. The Morgan fingerprint density at radius 2 is 2.00 bits per heavy atom. The minimum atomic E-state index is -0.356. The van der Waals surface area contributed by atoms with E-state index in [1.807, 2.05) is 23.6 Å². The van der Waals surface area contributed by atoms with Crippen molar-refractivity contribution in [2.24, 2.45) is 0 Å². The van der Waals surface area contributed by atoms with Crippen LogP contribution in [0.1, 0.15) is 10.5 Å². The van der Waals surface area contributed by atoms with E-state index in [1.165, 1.54) is 23.6 Å². The Hall–Kier alpha value is -2.64. The highest BCUT2D eigenvalue weighted by Gasteiger charge is 2.15. The number of aromatic nitrogens is 2. The Kier molecular flexibility index (Phi) is 4.25. The first-order chi connectivity index (χ1) is 12.2. The molecule has 1 amide bonds. The normalized spacial score (nSPS) is 12.7. The summed E-state index contributed by atoms with van der Waals surface area (Å²) in [5.41, 5.74) is 1.88. The molecule has 1 aliphatic heterocycles. The number of nitrogens with one attached hydrogen (secondary N) is 1. The van der Waals surface area contributed by atoms with Crippen LogP contribution >= 0.6 is 22.9 Å². The zero-order valence-electron chi connectivity index (χ0n) is 12.9. The zero-order valence-corrected chi connectivity index (χ0v) is 14.4. The molecule has 0 spiro atoms. The minimum absolute atomic E-state index is 0.239. The van der Waals surface area contributed by atoms with Crippen molar-refractivity contribution >= 4 is 34.0 Å². The van der Waals surface area contributed by atoms with Gasteiger partial charge in [-0.1, -0.05) is 11.6 Å². The fourth-order valence-corrected chi connectivity index (χ4v) is 3.23. The van der Waals surface area contributed by atoms with Gasteiger partial charge >= 0.3 is 0 Å². The van der Waals surface area contributed by atoms with Crippen LogP contribution in [0.3, 0.4) is 0 Å². The van der Waals surface area contributed by atoms with Crippen molar-refractivity contribution in [3.8, 4) is 22.8 Å². The van der Waals surface area contributed by atoms with E-state index < -0.39 is 0 Å². The van der Waals surface area contributed by atoms with Crippen molar-refractivity contribution in [3.05, 3.63) is 52.6 Å². The number of anilines is 1. The van der Waals surface area contributed by atoms with E-state index >= 15 is 0 Å². The summed E-state index contributed by atoms with van der Waals surface area (Å²) in [5.74, 6) is 1.07. The molecular weight excluding hydrogens is 362 g/mol. The smallest absolute Gasteiger partial charge is 0.276 e. The number of amides is 1. The number of hydrogen-bond acceptors (Lipinski definition) is 6. The van der Waals surface area contributed by atoms with E-state index in [0.29, 0.717) is 29.1 Å². The molecule has 0 saturated carbocycles. The molecule has 3 aromatic rings. The van der Waals surface area contributed by atoms with Gasteiger partial charge in [0, 0.05) is 22.2 Å². The van der Waals surface area contributed by atoms with Crippen LogP contribution in [0.4, 0.5) is 5.13 Å². The van der Waals surface area contributed by atoms with Crippen LogP contribution in [-0.2, 0) is 0 Å². The third-order valence-electron chi connectivity index (χ3n) is 3.52. The van der Waals surface area contributed by atoms with Gasteiger partial charge < -0.3 is 9.47 Å². The molecule has 8 heteroatoms. The SMILES string of the molecule is O=C(Nc1nc(-c2ccc3c(c2)OCCO3)cs1)c1cc(Cl)ccn1. The molecule has 0 bridgehead atoms. The maximum absolute atomic E-state index is 12.2. The number of benzene rings is 1. The maximum atomic E-state index is 12.2. The molecule has 0 fully saturated rings. The van der Waals surface area contributed by atoms with Crippen molar-refractivity contribution in [1.82, 2.24) is 9.97 Å². The van der Waals surface area contributed by atoms with Crippen molar-refractivity contribution in [2.45, 2.75) is 0 Å². The van der Waals surface area contributed by atoms with Crippen LogP contribution < -0.4 is 14.8 Å². The van der Waals surface area contributed by atoms with Gasteiger partial charge in [0.05, 0.1) is 5.69 Å². The highest BCUT2D eigenvalue weighted by atomic mass is 35.5. The van der Waals surface area contributed by atoms with Crippen LogP contribution in [0.15, 0.2) is 41.9 Å². The second kappa shape index (κ2) is 6.70. The lowest BCUT2D eigenvalue weighted by atomic mass is 10.1. The number of carbonyl (C=O) groups is 1. The van der Waals surface area contributed by atoms with E-state index in [0.717, 1.165) is 17.0 Å². The standard InChI is InChI=1S/C17H12ClN3O3S/c18-11-3-4-19-12(8-11)16(22)21-17-20-13(9-25-17)10-1-2-14-15(7-10)24-6-5-23-14/h1-4,7-9H,5-6H2,(H,20,21,22). The molecule has 25 heavy (non-hydrogen) atoms. The summed E-state index contributed by atoms with van der Waals surface area (Å²) in [6.07, 6.45) is 1.49. The molecule has 1 N–H and O–H groups in total. The fourth-order valence-electron chi connectivity index (χ4n) is 2.36. The summed E-state index contributed by atoms with van der Waals surface area (Å²) >= 11 is 7.21. The summed E-state index contributed by atoms with van der Waals surface area (Å²) in [7, 11) is 0. The average Bonchev–Trinajstić information content (AvgIpc) is 3.10. The van der Waals surface area contributed by atoms with E-state index in [2.05, 4.69) is 15.3 Å². The molecule has 4 rings (SSSR count). The third kappa shape index (κ3) is 3.42. The second-order valence-electron chi connectivity index (χ2n) is 5.21. The summed E-state index contributed by atoms with van der Waals surface area (Å²) in [5, 5.41) is 5.53. The van der Waals surface area contributed by atoms with Gasteiger partial charge in [0.1, 0.15) is 18.9 Å². The Labute approximate surface area is 152 Å². The number of carbonyl (C=O) groups excluding carboxylic acids is 1. The number of ether oxygens (including phenoxy) is 2.